The maximum absolute atomic E-state index is 12.4. The van der Waals surface area contributed by atoms with Crippen LogP contribution in [-0.2, 0) is 26.2 Å². The predicted molar refractivity (Wildman–Crippen MR) is 115 cm³/mol. The van der Waals surface area contributed by atoms with Gasteiger partial charge in [0.25, 0.3) is 11.8 Å². The van der Waals surface area contributed by atoms with E-state index in [4.69, 9.17) is 24.4 Å². The molecule has 0 bridgehead atoms. The Balaban J connectivity index is 1.58. The summed E-state index contributed by atoms with van der Waals surface area (Å²) in [4.78, 5) is 24.8. The average molecular weight is 447 g/mol. The zero-order valence-electron chi connectivity index (χ0n) is 16.6. The van der Waals surface area contributed by atoms with Crippen LogP contribution in [0.1, 0.15) is 46.2 Å². The summed E-state index contributed by atoms with van der Waals surface area (Å²) in [7, 11) is 0. The van der Waals surface area contributed by atoms with Crippen LogP contribution in [0.15, 0.2) is 24.3 Å². The minimum absolute atomic E-state index is 0.244. The summed E-state index contributed by atoms with van der Waals surface area (Å²) in [6, 6.07) is 6.40. The Bertz CT molecular complexity index is 1060. The largest absolute Gasteiger partial charge is 0.345 e. The lowest BCUT2D eigenvalue weighted by Gasteiger charge is -2.08. The molecule has 0 radical (unpaired) electrons. The van der Waals surface area contributed by atoms with Crippen molar-refractivity contribution >= 4 is 36.3 Å². The SMILES string of the molecule is CCn1c(CNC(=O)c2ccc(C(=O)NCc3n[nH]c(=S)n3CC)cc2)n[nH]c1=S. The third kappa shape index (κ3) is 4.71. The van der Waals surface area contributed by atoms with E-state index >= 15 is 0 Å². The predicted octanol–water partition coefficient (Wildman–Crippen LogP) is 2.09. The quantitative estimate of drug-likeness (QED) is 0.393. The molecule has 3 rings (SSSR count). The molecule has 0 unspecified atom stereocenters. The second-order valence-corrected chi connectivity index (χ2v) is 7.09. The first kappa shape index (κ1) is 21.6. The molecule has 0 aliphatic heterocycles. The fourth-order valence-electron chi connectivity index (χ4n) is 2.92. The number of hydrogen-bond donors (Lipinski definition) is 4. The molecule has 2 amide bonds. The Morgan fingerprint density at radius 2 is 1.20 bits per heavy atom. The summed E-state index contributed by atoms with van der Waals surface area (Å²) >= 11 is 10.3. The van der Waals surface area contributed by atoms with Crippen LogP contribution >= 0.6 is 24.4 Å². The van der Waals surface area contributed by atoms with Gasteiger partial charge in [-0.1, -0.05) is 0 Å². The highest BCUT2D eigenvalue weighted by molar-refractivity contribution is 7.71. The van der Waals surface area contributed by atoms with Gasteiger partial charge in [-0.25, -0.2) is 0 Å². The maximum Gasteiger partial charge on any atom is 0.251 e. The molecule has 10 nitrogen and oxygen atoms in total. The van der Waals surface area contributed by atoms with E-state index in [9.17, 15) is 9.59 Å². The first-order chi connectivity index (χ1) is 14.4. The van der Waals surface area contributed by atoms with E-state index in [2.05, 4.69) is 31.0 Å². The van der Waals surface area contributed by atoms with Crippen LogP contribution in [0.25, 0.3) is 0 Å². The van der Waals surface area contributed by atoms with Crippen molar-refractivity contribution in [1.82, 2.24) is 40.2 Å². The average Bonchev–Trinajstić information content (AvgIpc) is 3.31. The number of carbonyl (C=O) groups excluding carboxylic acids is 2. The maximum atomic E-state index is 12.4. The molecular formula is C18H22N8O2S2. The first-order valence-corrected chi connectivity index (χ1v) is 10.2. The van der Waals surface area contributed by atoms with Crippen LogP contribution in [-0.4, -0.2) is 41.3 Å². The zero-order chi connectivity index (χ0) is 21.7. The normalized spacial score (nSPS) is 10.7. The third-order valence-electron chi connectivity index (χ3n) is 4.53. The lowest BCUT2D eigenvalue weighted by Crippen LogP contribution is -2.26. The minimum Gasteiger partial charge on any atom is -0.345 e. The number of nitrogens with one attached hydrogen (secondary N) is 4. The number of rotatable bonds is 8. The standard InChI is InChI=1S/C18H22N8O2S2/c1-3-25-13(21-23-17(25)29)9-19-15(27)11-5-7-12(8-6-11)16(28)20-10-14-22-24-18(30)26(14)4-2/h5-8H,3-4,9-10H2,1-2H3,(H,19,27)(H,20,28)(H,23,29)(H,24,30). The summed E-state index contributed by atoms with van der Waals surface area (Å²) in [6.07, 6.45) is 0. The molecule has 1 aromatic carbocycles. The van der Waals surface area contributed by atoms with Crippen molar-refractivity contribution < 1.29 is 9.59 Å². The van der Waals surface area contributed by atoms with Gasteiger partial charge in [-0.3, -0.25) is 19.8 Å². The van der Waals surface area contributed by atoms with E-state index in [1.807, 2.05) is 13.8 Å². The van der Waals surface area contributed by atoms with Crippen molar-refractivity contribution in [3.63, 3.8) is 0 Å². The molecule has 158 valence electrons. The summed E-state index contributed by atoms with van der Waals surface area (Å²) in [5.41, 5.74) is 0.881. The van der Waals surface area contributed by atoms with E-state index in [1.165, 1.54) is 0 Å². The zero-order valence-corrected chi connectivity index (χ0v) is 18.2. The molecule has 0 spiro atoms. The number of hydrogen-bond acceptors (Lipinski definition) is 6. The van der Waals surface area contributed by atoms with Gasteiger partial charge in [0.2, 0.25) is 0 Å². The Labute approximate surface area is 182 Å². The van der Waals surface area contributed by atoms with Gasteiger partial charge in [-0.2, -0.15) is 10.2 Å². The van der Waals surface area contributed by atoms with Crippen LogP contribution in [0.2, 0.25) is 0 Å². The van der Waals surface area contributed by atoms with E-state index in [-0.39, 0.29) is 24.9 Å². The number of benzene rings is 1. The van der Waals surface area contributed by atoms with Crippen molar-refractivity contribution in [2.75, 3.05) is 0 Å². The number of amides is 2. The fraction of sp³-hybridized carbons (Fsp3) is 0.333. The molecule has 0 aliphatic rings. The molecule has 0 saturated heterocycles. The van der Waals surface area contributed by atoms with Crippen LogP contribution in [0.3, 0.4) is 0 Å². The number of aromatic amines is 2. The van der Waals surface area contributed by atoms with E-state index in [0.717, 1.165) is 0 Å². The molecular weight excluding hydrogens is 424 g/mol. The highest BCUT2D eigenvalue weighted by Gasteiger charge is 2.12. The van der Waals surface area contributed by atoms with Crippen LogP contribution in [0.5, 0.6) is 0 Å². The summed E-state index contributed by atoms with van der Waals surface area (Å²) in [6.45, 7) is 5.71. The second kappa shape index (κ2) is 9.59. The van der Waals surface area contributed by atoms with Crippen LogP contribution in [0, 0.1) is 9.54 Å². The molecule has 4 N–H and O–H groups in total. The van der Waals surface area contributed by atoms with Gasteiger partial charge >= 0.3 is 0 Å². The van der Waals surface area contributed by atoms with Crippen molar-refractivity contribution in [1.29, 1.82) is 0 Å². The van der Waals surface area contributed by atoms with E-state index in [0.29, 0.717) is 45.4 Å². The van der Waals surface area contributed by atoms with Gasteiger partial charge in [-0.15, -0.1) is 0 Å². The highest BCUT2D eigenvalue weighted by atomic mass is 32.1. The summed E-state index contributed by atoms with van der Waals surface area (Å²) in [5.74, 6) is 0.766. The Hall–Kier alpha value is -3.12. The second-order valence-electron chi connectivity index (χ2n) is 6.32. The number of H-pyrrole nitrogens is 2. The Kier molecular flexibility index (Phi) is 6.90. The molecule has 2 heterocycles. The topological polar surface area (TPSA) is 125 Å². The van der Waals surface area contributed by atoms with E-state index in [1.54, 1.807) is 33.4 Å². The molecule has 0 aliphatic carbocycles. The summed E-state index contributed by atoms with van der Waals surface area (Å²) < 4.78 is 4.64. The molecule has 12 heteroatoms. The molecule has 0 atom stereocenters. The van der Waals surface area contributed by atoms with Crippen LogP contribution in [0.4, 0.5) is 0 Å². The van der Waals surface area contributed by atoms with Gasteiger partial charge in [0.15, 0.2) is 21.2 Å². The Morgan fingerprint density at radius 3 is 1.53 bits per heavy atom. The van der Waals surface area contributed by atoms with E-state index < -0.39 is 0 Å². The van der Waals surface area contributed by atoms with Crippen molar-refractivity contribution in [2.45, 2.75) is 40.0 Å². The fourth-order valence-corrected chi connectivity index (χ4v) is 3.48. The lowest BCUT2D eigenvalue weighted by molar-refractivity contribution is 0.0937. The molecule has 0 fully saturated rings. The third-order valence-corrected chi connectivity index (χ3v) is 5.15. The first-order valence-electron chi connectivity index (χ1n) is 9.39. The minimum atomic E-state index is -0.267. The smallest absolute Gasteiger partial charge is 0.251 e. The van der Waals surface area contributed by atoms with Gasteiger partial charge in [0, 0.05) is 24.2 Å². The van der Waals surface area contributed by atoms with Crippen molar-refractivity contribution in [3.8, 4) is 0 Å². The molecule has 3 aromatic rings. The molecule has 30 heavy (non-hydrogen) atoms. The lowest BCUT2D eigenvalue weighted by atomic mass is 10.1. The van der Waals surface area contributed by atoms with Gasteiger partial charge in [0.05, 0.1) is 13.1 Å². The number of nitrogens with zero attached hydrogens (tertiary/aromatic N) is 4. The summed E-state index contributed by atoms with van der Waals surface area (Å²) in [5, 5.41) is 19.2. The van der Waals surface area contributed by atoms with Gasteiger partial charge in [-0.05, 0) is 62.5 Å². The van der Waals surface area contributed by atoms with Crippen molar-refractivity contribution in [2.24, 2.45) is 0 Å². The van der Waals surface area contributed by atoms with Gasteiger partial charge in [0.1, 0.15) is 0 Å². The van der Waals surface area contributed by atoms with Crippen LogP contribution < -0.4 is 10.6 Å². The molecule has 0 saturated carbocycles. The molecule has 2 aromatic heterocycles. The highest BCUT2D eigenvalue weighted by Crippen LogP contribution is 2.06. The number of carbonyl (C=O) groups is 2. The van der Waals surface area contributed by atoms with Gasteiger partial charge < -0.3 is 19.8 Å². The monoisotopic (exact) mass is 446 g/mol. The van der Waals surface area contributed by atoms with Crippen molar-refractivity contribution in [3.05, 3.63) is 56.6 Å². The Morgan fingerprint density at radius 1 is 0.833 bits per heavy atom. The number of aromatic nitrogens is 6.